The number of ether oxygens (including phenoxy) is 3. The van der Waals surface area contributed by atoms with Crippen LogP contribution < -0.4 is 15.9 Å². The second-order valence-corrected chi connectivity index (χ2v) is 12.0. The van der Waals surface area contributed by atoms with E-state index in [0.29, 0.717) is 18.6 Å². The Morgan fingerprint density at radius 3 is 2.30 bits per heavy atom. The van der Waals surface area contributed by atoms with Crippen molar-refractivity contribution in [1.29, 1.82) is 0 Å². The topological polar surface area (TPSA) is 206 Å². The third kappa shape index (κ3) is 8.19. The smallest absolute Gasteiger partial charge is 0.323 e. The van der Waals surface area contributed by atoms with E-state index in [0.717, 1.165) is 12.8 Å². The predicted molar refractivity (Wildman–Crippen MR) is 146 cm³/mol. The van der Waals surface area contributed by atoms with E-state index < -0.39 is 43.8 Å². The average molecular weight is 583 g/mol. The number of nitrogens with one attached hydrogen (secondary N) is 2. The Morgan fingerprint density at radius 1 is 1.12 bits per heavy atom. The summed E-state index contributed by atoms with van der Waals surface area (Å²) in [5.74, 6) is -0.636. The van der Waals surface area contributed by atoms with Crippen molar-refractivity contribution in [3.05, 3.63) is 18.2 Å². The number of nitrogens with two attached hydrogens (primary N) is 1. The maximum Gasteiger partial charge on any atom is 0.323 e. The predicted octanol–water partition coefficient (Wildman–Crippen LogP) is 1.80. The second kappa shape index (κ2) is 14.5. The Kier molecular flexibility index (Phi) is 11.4. The van der Waals surface area contributed by atoms with Crippen LogP contribution in [-0.4, -0.2) is 79.6 Å². The highest BCUT2D eigenvalue weighted by Crippen LogP contribution is 2.41. The molecule has 2 aromatic rings. The Bertz CT molecular complexity index is 1210. The number of nitrogens with zero attached hydrogens (tertiary/aromatic N) is 5. The molecule has 4 atom stereocenters. The number of allylic oxidation sites excluding steroid dienone is 1. The summed E-state index contributed by atoms with van der Waals surface area (Å²) < 4.78 is 31.7. The molecule has 0 aliphatic carbocycles. The quantitative estimate of drug-likeness (QED) is 0.127. The average Bonchev–Trinajstić information content (AvgIpc) is 3.51. The molecule has 0 aromatic carbocycles. The van der Waals surface area contributed by atoms with Gasteiger partial charge in [0.2, 0.25) is 13.7 Å². The molecular weight excluding hydrogens is 543 g/mol. The van der Waals surface area contributed by atoms with Crippen LogP contribution in [0.4, 0.5) is 5.82 Å². The fourth-order valence-corrected chi connectivity index (χ4v) is 6.21. The van der Waals surface area contributed by atoms with E-state index in [1.54, 1.807) is 13.8 Å². The van der Waals surface area contributed by atoms with Crippen molar-refractivity contribution in [1.82, 2.24) is 35.1 Å². The van der Waals surface area contributed by atoms with Gasteiger partial charge in [-0.2, -0.15) is 4.68 Å². The first-order valence-electron chi connectivity index (χ1n) is 13.4. The van der Waals surface area contributed by atoms with Crippen LogP contribution in [-0.2, 0) is 28.4 Å². The van der Waals surface area contributed by atoms with Crippen LogP contribution in [0.5, 0.6) is 0 Å². The molecule has 222 valence electrons. The minimum Gasteiger partial charge on any atom is -0.470 e. The maximum absolute atomic E-state index is 14.0. The molecule has 0 radical (unpaired) electrons. The van der Waals surface area contributed by atoms with E-state index in [1.807, 2.05) is 13.8 Å². The molecule has 0 bridgehead atoms. The van der Waals surface area contributed by atoms with Gasteiger partial charge >= 0.3 is 11.9 Å². The lowest BCUT2D eigenvalue weighted by molar-refractivity contribution is -0.145. The van der Waals surface area contributed by atoms with Gasteiger partial charge in [-0.3, -0.25) is 14.2 Å². The monoisotopic (exact) mass is 582 g/mol. The van der Waals surface area contributed by atoms with E-state index in [2.05, 4.69) is 30.5 Å². The molecule has 40 heavy (non-hydrogen) atoms. The second-order valence-electron chi connectivity index (χ2n) is 9.55. The lowest BCUT2D eigenvalue weighted by Crippen LogP contribution is -2.42. The standard InChI is InChI=1S/C24H39N8O7P/c1-5-7-10-37-23(34)15(3)29-40(36,30-16(4)24(35)38-11-8-6-2)12-9-17-13-18(33)22(39-17)32-21-19(28-31-32)20(25)26-14-27-21/h13-16,18,22,33H,5-12H2,1-4H3,(H2,25,26,27)(H2,29,30,36)/t15-,16-,18+,22+/m0/s1. The van der Waals surface area contributed by atoms with Gasteiger partial charge in [0, 0.05) is 12.6 Å². The number of carbonyl (C=O) groups is 2. The lowest BCUT2D eigenvalue weighted by Gasteiger charge is -2.26. The molecule has 3 rings (SSSR count). The highest BCUT2D eigenvalue weighted by atomic mass is 31.2. The fourth-order valence-electron chi connectivity index (χ4n) is 3.88. The molecule has 0 fully saturated rings. The Morgan fingerprint density at radius 2 is 1.73 bits per heavy atom. The number of aliphatic hydroxyl groups is 1. The summed E-state index contributed by atoms with van der Waals surface area (Å²) in [7, 11) is -3.59. The zero-order chi connectivity index (χ0) is 29.3. The number of unbranched alkanes of at least 4 members (excludes halogenated alkanes) is 2. The third-order valence-corrected chi connectivity index (χ3v) is 8.58. The number of hydrogen-bond acceptors (Lipinski definition) is 12. The number of aromatic nitrogens is 5. The molecule has 1 aliphatic rings. The van der Waals surface area contributed by atoms with Gasteiger partial charge in [0.15, 0.2) is 17.0 Å². The summed E-state index contributed by atoms with van der Waals surface area (Å²) in [5.41, 5.74) is 6.37. The summed E-state index contributed by atoms with van der Waals surface area (Å²) in [5, 5.41) is 24.3. The Labute approximate surface area is 232 Å². The molecule has 0 saturated carbocycles. The Hall–Kier alpha value is -3.13. The molecule has 1 aliphatic heterocycles. The highest BCUT2D eigenvalue weighted by molar-refractivity contribution is 7.59. The first-order valence-corrected chi connectivity index (χ1v) is 15.3. The van der Waals surface area contributed by atoms with Crippen molar-refractivity contribution in [2.75, 3.05) is 25.1 Å². The van der Waals surface area contributed by atoms with Gasteiger partial charge in [-0.25, -0.2) is 20.1 Å². The number of carbonyl (C=O) groups excluding carboxylic acids is 2. The van der Waals surface area contributed by atoms with Crippen molar-refractivity contribution in [2.24, 2.45) is 0 Å². The van der Waals surface area contributed by atoms with E-state index in [9.17, 15) is 19.3 Å². The van der Waals surface area contributed by atoms with Gasteiger partial charge < -0.3 is 25.1 Å². The number of aliphatic hydroxyl groups excluding tert-OH is 1. The Balaban J connectivity index is 1.69. The molecule has 0 amide bonds. The molecule has 2 aromatic heterocycles. The van der Waals surface area contributed by atoms with Crippen LogP contribution >= 0.6 is 7.44 Å². The van der Waals surface area contributed by atoms with E-state index >= 15 is 0 Å². The third-order valence-electron chi connectivity index (χ3n) is 6.12. The normalized spacial score (nSPS) is 18.7. The van der Waals surface area contributed by atoms with Gasteiger partial charge in [0.1, 0.15) is 24.5 Å². The first kappa shape index (κ1) is 31.4. The maximum atomic E-state index is 14.0. The summed E-state index contributed by atoms with van der Waals surface area (Å²) in [6, 6.07) is -1.83. The number of rotatable bonds is 16. The van der Waals surface area contributed by atoms with Gasteiger partial charge in [0.05, 0.1) is 19.0 Å². The van der Waals surface area contributed by atoms with Gasteiger partial charge in [-0.05, 0) is 32.8 Å². The van der Waals surface area contributed by atoms with E-state index in [4.69, 9.17) is 19.9 Å². The molecule has 3 heterocycles. The van der Waals surface area contributed by atoms with Crippen molar-refractivity contribution in [3.8, 4) is 0 Å². The van der Waals surface area contributed by atoms with Gasteiger partial charge in [0.25, 0.3) is 0 Å². The zero-order valence-electron chi connectivity index (χ0n) is 23.3. The molecule has 0 spiro atoms. The minimum absolute atomic E-state index is 0.0509. The summed E-state index contributed by atoms with van der Waals surface area (Å²) in [6.45, 7) is 7.55. The van der Waals surface area contributed by atoms with Crippen LogP contribution in [0.15, 0.2) is 18.2 Å². The molecule has 15 nitrogen and oxygen atoms in total. The summed E-state index contributed by atoms with van der Waals surface area (Å²) in [4.78, 5) is 32.9. The van der Waals surface area contributed by atoms with E-state index in [1.165, 1.54) is 17.1 Å². The van der Waals surface area contributed by atoms with Crippen LogP contribution in [0.2, 0.25) is 0 Å². The zero-order valence-corrected chi connectivity index (χ0v) is 24.2. The number of fused-ring (bicyclic) bond motifs is 1. The molecular formula is C24H39N8O7P. The van der Waals surface area contributed by atoms with Crippen molar-refractivity contribution in [2.45, 2.75) is 84.2 Å². The first-order chi connectivity index (χ1) is 19.1. The number of anilines is 1. The van der Waals surface area contributed by atoms with Crippen molar-refractivity contribution in [3.63, 3.8) is 0 Å². The molecule has 0 saturated heterocycles. The van der Waals surface area contributed by atoms with Gasteiger partial charge in [-0.15, -0.1) is 5.10 Å². The number of nitrogen functional groups attached to an aromatic ring is 1. The largest absolute Gasteiger partial charge is 0.470 e. The number of hydrogen-bond donors (Lipinski definition) is 4. The van der Waals surface area contributed by atoms with Crippen LogP contribution in [0.3, 0.4) is 0 Å². The lowest BCUT2D eigenvalue weighted by atomic mass is 10.3. The van der Waals surface area contributed by atoms with Crippen molar-refractivity contribution >= 4 is 36.4 Å². The molecule has 0 unspecified atom stereocenters. The SMILES string of the molecule is CCCCOC(=O)[C@H](C)NP(=O)(CCC1=C[C@@H](O)[C@H](n2nnc3c(N)ncnc32)O1)N[C@@H](C)C(=O)OCCCC. The molecule has 16 heteroatoms. The summed E-state index contributed by atoms with van der Waals surface area (Å²) >= 11 is 0. The van der Waals surface area contributed by atoms with Crippen LogP contribution in [0, 0.1) is 0 Å². The van der Waals surface area contributed by atoms with Gasteiger partial charge in [-0.1, -0.05) is 31.9 Å². The fraction of sp³-hybridized carbons (Fsp3) is 0.667. The molecule has 5 N–H and O–H groups in total. The highest BCUT2D eigenvalue weighted by Gasteiger charge is 2.35. The van der Waals surface area contributed by atoms with E-state index in [-0.39, 0.29) is 42.8 Å². The minimum atomic E-state index is -3.59. The van der Waals surface area contributed by atoms with Crippen LogP contribution in [0.25, 0.3) is 11.2 Å². The summed E-state index contributed by atoms with van der Waals surface area (Å²) in [6.07, 6.45) is 3.84. The number of esters is 2. The van der Waals surface area contributed by atoms with Crippen molar-refractivity contribution < 1.29 is 33.5 Å². The van der Waals surface area contributed by atoms with Crippen LogP contribution in [0.1, 0.15) is 66.0 Å².